The Bertz CT molecular complexity index is 491. The van der Waals surface area contributed by atoms with E-state index in [1.807, 2.05) is 6.26 Å². The molecule has 0 aliphatic rings. The van der Waals surface area contributed by atoms with Gasteiger partial charge >= 0.3 is 5.97 Å². The van der Waals surface area contributed by atoms with E-state index in [-0.39, 0.29) is 17.1 Å². The number of carboxylic acids is 1. The van der Waals surface area contributed by atoms with Crippen LogP contribution in [0, 0.1) is 0 Å². The first-order chi connectivity index (χ1) is 8.45. The molecule has 0 unspecified atom stereocenters. The van der Waals surface area contributed by atoms with E-state index in [2.05, 4.69) is 0 Å². The minimum atomic E-state index is -3.24. The lowest BCUT2D eigenvalue weighted by molar-refractivity contribution is -0.136. The number of rotatable bonds is 7. The number of hydrogen-bond acceptors (Lipinski definition) is 4. The molecule has 1 aromatic carbocycles. The summed E-state index contributed by atoms with van der Waals surface area (Å²) >= 11 is 1.62. The second-order valence-corrected chi connectivity index (χ2v) is 6.97. The van der Waals surface area contributed by atoms with Crippen molar-refractivity contribution in [3.05, 3.63) is 29.8 Å². The quantitative estimate of drug-likeness (QED) is 0.775. The molecule has 4 nitrogen and oxygen atoms in total. The average molecular weight is 288 g/mol. The Morgan fingerprint density at radius 3 is 2.39 bits per heavy atom. The maximum absolute atomic E-state index is 11.9. The molecule has 0 fully saturated rings. The third kappa shape index (κ3) is 4.70. The lowest BCUT2D eigenvalue weighted by Crippen LogP contribution is -2.08. The fourth-order valence-corrected chi connectivity index (χ4v) is 3.43. The highest BCUT2D eigenvalue weighted by Gasteiger charge is 2.13. The van der Waals surface area contributed by atoms with Crippen LogP contribution in [0.4, 0.5) is 0 Å². The molecule has 0 aromatic heterocycles. The van der Waals surface area contributed by atoms with Gasteiger partial charge in [0.05, 0.1) is 17.1 Å². The molecule has 0 bridgehead atoms. The molecule has 100 valence electrons. The Labute approximate surface area is 111 Å². The van der Waals surface area contributed by atoms with Crippen molar-refractivity contribution in [2.24, 2.45) is 0 Å². The highest BCUT2D eigenvalue weighted by molar-refractivity contribution is 7.98. The van der Waals surface area contributed by atoms with Crippen molar-refractivity contribution in [3.63, 3.8) is 0 Å². The summed E-state index contributed by atoms with van der Waals surface area (Å²) in [6.07, 6.45) is 2.47. The maximum Gasteiger partial charge on any atom is 0.307 e. The second-order valence-electron chi connectivity index (χ2n) is 3.88. The van der Waals surface area contributed by atoms with Crippen molar-refractivity contribution in [2.45, 2.75) is 17.7 Å². The van der Waals surface area contributed by atoms with Gasteiger partial charge in [-0.1, -0.05) is 12.1 Å². The van der Waals surface area contributed by atoms with Crippen LogP contribution < -0.4 is 0 Å². The fraction of sp³-hybridized carbons (Fsp3) is 0.417. The van der Waals surface area contributed by atoms with Crippen LogP contribution in [-0.4, -0.2) is 37.3 Å². The van der Waals surface area contributed by atoms with Crippen molar-refractivity contribution in [2.75, 3.05) is 17.8 Å². The molecule has 0 aliphatic carbocycles. The predicted octanol–water partition coefficient (Wildman–Crippen LogP) is 1.84. The van der Waals surface area contributed by atoms with Gasteiger partial charge in [0.2, 0.25) is 0 Å². The van der Waals surface area contributed by atoms with Gasteiger partial charge in [0.1, 0.15) is 0 Å². The zero-order chi connectivity index (χ0) is 13.6. The first-order valence-corrected chi connectivity index (χ1v) is 8.53. The molecular weight excluding hydrogens is 272 g/mol. The molecule has 0 saturated heterocycles. The molecule has 0 spiro atoms. The van der Waals surface area contributed by atoms with Crippen LogP contribution in [0.1, 0.15) is 12.0 Å². The molecule has 18 heavy (non-hydrogen) atoms. The molecule has 1 N–H and O–H groups in total. The number of thioether (sulfide) groups is 1. The summed E-state index contributed by atoms with van der Waals surface area (Å²) < 4.78 is 23.8. The lowest BCUT2D eigenvalue weighted by Gasteiger charge is -2.04. The van der Waals surface area contributed by atoms with E-state index in [1.165, 1.54) is 12.1 Å². The molecule has 6 heteroatoms. The van der Waals surface area contributed by atoms with Crippen LogP contribution in [-0.2, 0) is 21.1 Å². The average Bonchev–Trinajstić information content (AvgIpc) is 2.29. The fourth-order valence-electron chi connectivity index (χ4n) is 1.50. The topological polar surface area (TPSA) is 71.4 Å². The maximum atomic E-state index is 11.9. The van der Waals surface area contributed by atoms with E-state index >= 15 is 0 Å². The van der Waals surface area contributed by atoms with E-state index in [1.54, 1.807) is 23.9 Å². The van der Waals surface area contributed by atoms with Crippen molar-refractivity contribution in [1.29, 1.82) is 0 Å². The number of aliphatic carboxylic acids is 1. The Balaban J connectivity index is 2.74. The van der Waals surface area contributed by atoms with Crippen molar-refractivity contribution in [1.82, 2.24) is 0 Å². The van der Waals surface area contributed by atoms with Crippen molar-refractivity contribution >= 4 is 27.6 Å². The van der Waals surface area contributed by atoms with Gasteiger partial charge < -0.3 is 5.11 Å². The normalized spacial score (nSPS) is 11.4. The van der Waals surface area contributed by atoms with Crippen LogP contribution in [0.3, 0.4) is 0 Å². The molecule has 0 saturated carbocycles. The van der Waals surface area contributed by atoms with Gasteiger partial charge in [-0.15, -0.1) is 0 Å². The highest BCUT2D eigenvalue weighted by atomic mass is 32.2. The highest BCUT2D eigenvalue weighted by Crippen LogP contribution is 2.14. The molecule has 0 atom stereocenters. The summed E-state index contributed by atoms with van der Waals surface area (Å²) in [7, 11) is -3.24. The third-order valence-electron chi connectivity index (χ3n) is 2.40. The number of hydrogen-bond donors (Lipinski definition) is 1. The largest absolute Gasteiger partial charge is 0.481 e. The van der Waals surface area contributed by atoms with E-state index in [0.717, 1.165) is 5.75 Å². The molecule has 0 amide bonds. The van der Waals surface area contributed by atoms with Crippen molar-refractivity contribution < 1.29 is 18.3 Å². The zero-order valence-electron chi connectivity index (χ0n) is 10.1. The summed E-state index contributed by atoms with van der Waals surface area (Å²) in [4.78, 5) is 10.8. The first-order valence-electron chi connectivity index (χ1n) is 5.48. The number of sulfone groups is 1. The minimum absolute atomic E-state index is 0.0905. The van der Waals surface area contributed by atoms with E-state index in [4.69, 9.17) is 5.11 Å². The van der Waals surface area contributed by atoms with E-state index in [9.17, 15) is 13.2 Å². The van der Waals surface area contributed by atoms with Crippen LogP contribution >= 0.6 is 11.8 Å². The third-order valence-corrected chi connectivity index (χ3v) is 4.91. The monoisotopic (exact) mass is 288 g/mol. The summed E-state index contributed by atoms with van der Waals surface area (Å²) in [6.45, 7) is 0. The number of benzene rings is 1. The van der Waals surface area contributed by atoms with Crippen LogP contribution in [0.25, 0.3) is 0 Å². The Hall–Kier alpha value is -1.01. The van der Waals surface area contributed by atoms with Crippen LogP contribution in [0.15, 0.2) is 29.2 Å². The number of carboxylic acid groups (broad SMARTS) is 1. The minimum Gasteiger partial charge on any atom is -0.481 e. The Morgan fingerprint density at radius 2 is 1.89 bits per heavy atom. The summed E-state index contributed by atoms with van der Waals surface area (Å²) in [5.74, 6) is 0.0215. The van der Waals surface area contributed by atoms with Gasteiger partial charge in [-0.25, -0.2) is 8.42 Å². The molecular formula is C12H16O4S2. The van der Waals surface area contributed by atoms with Gasteiger partial charge in [0.15, 0.2) is 9.84 Å². The van der Waals surface area contributed by atoms with Crippen LogP contribution in [0.2, 0.25) is 0 Å². The SMILES string of the molecule is CSCCCS(=O)(=O)c1ccc(CC(=O)O)cc1. The molecule has 0 aliphatic heterocycles. The number of carbonyl (C=O) groups is 1. The molecule has 1 aromatic rings. The van der Waals surface area contributed by atoms with Crippen molar-refractivity contribution in [3.8, 4) is 0 Å². The van der Waals surface area contributed by atoms with Gasteiger partial charge in [0, 0.05) is 0 Å². The Morgan fingerprint density at radius 1 is 1.28 bits per heavy atom. The zero-order valence-corrected chi connectivity index (χ0v) is 11.8. The Kier molecular flexibility index (Phi) is 5.68. The van der Waals surface area contributed by atoms with Gasteiger partial charge in [-0.2, -0.15) is 11.8 Å². The lowest BCUT2D eigenvalue weighted by atomic mass is 10.2. The second kappa shape index (κ2) is 6.80. The summed E-state index contributed by atoms with van der Waals surface area (Å²) in [5, 5.41) is 8.62. The first kappa shape index (κ1) is 15.0. The van der Waals surface area contributed by atoms with Gasteiger partial charge in [-0.3, -0.25) is 4.79 Å². The summed E-state index contributed by atoms with van der Waals surface area (Å²) in [5.41, 5.74) is 0.602. The molecule has 0 heterocycles. The molecule has 0 radical (unpaired) electrons. The molecule has 1 rings (SSSR count). The smallest absolute Gasteiger partial charge is 0.307 e. The standard InChI is InChI=1S/C12H16O4S2/c1-17-7-2-8-18(15,16)11-5-3-10(4-6-11)9-12(13)14/h3-6H,2,7-9H2,1H3,(H,13,14). The van der Waals surface area contributed by atoms with Crippen LogP contribution in [0.5, 0.6) is 0 Å². The van der Waals surface area contributed by atoms with Gasteiger partial charge in [0.25, 0.3) is 0 Å². The van der Waals surface area contributed by atoms with E-state index < -0.39 is 15.8 Å². The van der Waals surface area contributed by atoms with E-state index in [0.29, 0.717) is 12.0 Å². The predicted molar refractivity (Wildman–Crippen MR) is 72.8 cm³/mol. The van der Waals surface area contributed by atoms with Gasteiger partial charge in [-0.05, 0) is 36.1 Å². The summed E-state index contributed by atoms with van der Waals surface area (Å²) in [6, 6.07) is 6.06.